The lowest BCUT2D eigenvalue weighted by Gasteiger charge is -2.26. The zero-order valence-corrected chi connectivity index (χ0v) is 12.9. The summed E-state index contributed by atoms with van der Waals surface area (Å²) in [5.74, 6) is 0. The first-order chi connectivity index (χ1) is 9.65. The normalized spacial score (nSPS) is 17.2. The van der Waals surface area contributed by atoms with Crippen LogP contribution in [0.2, 0.25) is 5.02 Å². The first-order valence-electron chi connectivity index (χ1n) is 7.24. The van der Waals surface area contributed by atoms with Crippen molar-refractivity contribution in [3.63, 3.8) is 0 Å². The Morgan fingerprint density at radius 1 is 1.25 bits per heavy atom. The topological polar surface area (TPSA) is 17.4 Å². The summed E-state index contributed by atoms with van der Waals surface area (Å²) < 4.78 is 7.74. The zero-order valence-electron chi connectivity index (χ0n) is 12.1. The van der Waals surface area contributed by atoms with Gasteiger partial charge in [0.05, 0.1) is 18.7 Å². The molecule has 1 aliphatic heterocycles. The number of aromatic nitrogens is 1. The number of hydrogen-bond acceptors (Lipinski definition) is 2. The van der Waals surface area contributed by atoms with Crippen LogP contribution in [0.1, 0.15) is 25.5 Å². The molecule has 1 aromatic heterocycles. The second kappa shape index (κ2) is 5.76. The van der Waals surface area contributed by atoms with E-state index in [1.807, 2.05) is 6.07 Å². The highest BCUT2D eigenvalue weighted by Crippen LogP contribution is 2.28. The van der Waals surface area contributed by atoms with Gasteiger partial charge in [-0.3, -0.25) is 4.90 Å². The summed E-state index contributed by atoms with van der Waals surface area (Å²) in [6, 6.07) is 6.64. The lowest BCUT2D eigenvalue weighted by atomic mass is 10.1. The quantitative estimate of drug-likeness (QED) is 0.858. The molecule has 0 atom stereocenters. The van der Waals surface area contributed by atoms with E-state index in [-0.39, 0.29) is 0 Å². The average molecular weight is 293 g/mol. The van der Waals surface area contributed by atoms with Crippen molar-refractivity contribution in [1.82, 2.24) is 9.47 Å². The summed E-state index contributed by atoms with van der Waals surface area (Å²) in [6.07, 6.45) is 2.28. The largest absolute Gasteiger partial charge is 0.379 e. The van der Waals surface area contributed by atoms with Crippen molar-refractivity contribution in [2.75, 3.05) is 26.3 Å². The monoisotopic (exact) mass is 292 g/mol. The van der Waals surface area contributed by atoms with Gasteiger partial charge in [-0.2, -0.15) is 0 Å². The standard InChI is InChI=1S/C16H21ClN2O/c1-12(2)19-11-13(10-18-5-7-20-8-6-18)15-4-3-14(17)9-16(15)19/h3-4,9,11-12H,5-8,10H2,1-2H3. The van der Waals surface area contributed by atoms with E-state index in [1.165, 1.54) is 16.5 Å². The first kappa shape index (κ1) is 13.9. The molecule has 20 heavy (non-hydrogen) atoms. The van der Waals surface area contributed by atoms with Crippen LogP contribution in [0.4, 0.5) is 0 Å². The van der Waals surface area contributed by atoms with Crippen LogP contribution in [-0.4, -0.2) is 35.8 Å². The molecule has 1 aliphatic rings. The van der Waals surface area contributed by atoms with Gasteiger partial charge in [-0.15, -0.1) is 0 Å². The van der Waals surface area contributed by atoms with Crippen molar-refractivity contribution >= 4 is 22.5 Å². The fourth-order valence-electron chi connectivity index (χ4n) is 2.85. The maximum Gasteiger partial charge on any atom is 0.0594 e. The maximum atomic E-state index is 6.16. The number of benzene rings is 1. The van der Waals surface area contributed by atoms with Crippen molar-refractivity contribution in [2.24, 2.45) is 0 Å². The van der Waals surface area contributed by atoms with Gasteiger partial charge in [0, 0.05) is 42.3 Å². The predicted octanol–water partition coefficient (Wildman–Crippen LogP) is 3.71. The molecule has 2 aromatic rings. The van der Waals surface area contributed by atoms with E-state index >= 15 is 0 Å². The molecular formula is C16H21ClN2O. The van der Waals surface area contributed by atoms with Crippen LogP contribution < -0.4 is 0 Å². The van der Waals surface area contributed by atoms with Gasteiger partial charge >= 0.3 is 0 Å². The Balaban J connectivity index is 1.97. The maximum absolute atomic E-state index is 6.16. The Morgan fingerprint density at radius 3 is 2.70 bits per heavy atom. The molecule has 1 aromatic carbocycles. The molecule has 0 aliphatic carbocycles. The molecule has 2 heterocycles. The van der Waals surface area contributed by atoms with Gasteiger partial charge in [0.1, 0.15) is 0 Å². The van der Waals surface area contributed by atoms with Crippen LogP contribution in [0.25, 0.3) is 10.9 Å². The van der Waals surface area contributed by atoms with Crippen molar-refractivity contribution in [3.05, 3.63) is 35.0 Å². The molecule has 0 spiro atoms. The van der Waals surface area contributed by atoms with E-state index in [0.717, 1.165) is 37.9 Å². The highest BCUT2D eigenvalue weighted by molar-refractivity contribution is 6.31. The summed E-state index contributed by atoms with van der Waals surface area (Å²) in [5, 5.41) is 2.12. The molecule has 4 heteroatoms. The molecule has 0 amide bonds. The van der Waals surface area contributed by atoms with Crippen molar-refractivity contribution in [1.29, 1.82) is 0 Å². The van der Waals surface area contributed by atoms with Crippen LogP contribution in [-0.2, 0) is 11.3 Å². The fraction of sp³-hybridized carbons (Fsp3) is 0.500. The van der Waals surface area contributed by atoms with E-state index in [0.29, 0.717) is 6.04 Å². The average Bonchev–Trinajstić information content (AvgIpc) is 2.78. The third-order valence-electron chi connectivity index (χ3n) is 3.93. The summed E-state index contributed by atoms with van der Waals surface area (Å²) in [7, 11) is 0. The van der Waals surface area contributed by atoms with Gasteiger partial charge in [-0.05, 0) is 31.5 Å². The molecule has 1 saturated heterocycles. The van der Waals surface area contributed by atoms with Gasteiger partial charge < -0.3 is 9.30 Å². The molecule has 0 N–H and O–H groups in total. The van der Waals surface area contributed by atoms with Crippen LogP contribution in [0, 0.1) is 0 Å². The van der Waals surface area contributed by atoms with E-state index in [1.54, 1.807) is 0 Å². The van der Waals surface area contributed by atoms with Gasteiger partial charge in [0.15, 0.2) is 0 Å². The minimum absolute atomic E-state index is 0.439. The van der Waals surface area contributed by atoms with Crippen LogP contribution in [0.5, 0.6) is 0 Å². The lowest BCUT2D eigenvalue weighted by Crippen LogP contribution is -2.35. The summed E-state index contributed by atoms with van der Waals surface area (Å²) >= 11 is 6.16. The van der Waals surface area contributed by atoms with E-state index in [2.05, 4.69) is 41.6 Å². The zero-order chi connectivity index (χ0) is 14.1. The molecule has 0 radical (unpaired) electrons. The van der Waals surface area contributed by atoms with Gasteiger partial charge in [0.2, 0.25) is 0 Å². The molecule has 108 valence electrons. The highest BCUT2D eigenvalue weighted by Gasteiger charge is 2.16. The van der Waals surface area contributed by atoms with Gasteiger partial charge in [-0.25, -0.2) is 0 Å². The Bertz CT molecular complexity index is 600. The summed E-state index contributed by atoms with van der Waals surface area (Å²) in [5.41, 5.74) is 2.61. The molecule has 3 rings (SSSR count). The van der Waals surface area contributed by atoms with Crippen molar-refractivity contribution < 1.29 is 4.74 Å². The summed E-state index contributed by atoms with van der Waals surface area (Å²) in [4.78, 5) is 2.46. The molecule has 0 unspecified atom stereocenters. The number of hydrogen-bond donors (Lipinski definition) is 0. The third kappa shape index (κ3) is 2.71. The second-order valence-electron chi connectivity index (χ2n) is 5.71. The highest BCUT2D eigenvalue weighted by atomic mass is 35.5. The molecule has 0 bridgehead atoms. The number of fused-ring (bicyclic) bond motifs is 1. The van der Waals surface area contributed by atoms with Gasteiger partial charge in [-0.1, -0.05) is 17.7 Å². The molecule has 0 saturated carbocycles. The smallest absolute Gasteiger partial charge is 0.0594 e. The SMILES string of the molecule is CC(C)n1cc(CN2CCOCC2)c2ccc(Cl)cc21. The molecular weight excluding hydrogens is 272 g/mol. The van der Waals surface area contributed by atoms with Crippen LogP contribution in [0.15, 0.2) is 24.4 Å². The Labute approximate surface area is 125 Å². The van der Waals surface area contributed by atoms with Crippen molar-refractivity contribution in [2.45, 2.75) is 26.4 Å². The first-order valence-corrected chi connectivity index (χ1v) is 7.62. The second-order valence-corrected chi connectivity index (χ2v) is 6.14. The Hall–Kier alpha value is -1.03. The van der Waals surface area contributed by atoms with E-state index < -0.39 is 0 Å². The number of ether oxygens (including phenoxy) is 1. The Morgan fingerprint density at radius 2 is 2.00 bits per heavy atom. The van der Waals surface area contributed by atoms with Crippen LogP contribution in [0.3, 0.4) is 0 Å². The number of halogens is 1. The minimum Gasteiger partial charge on any atom is -0.379 e. The van der Waals surface area contributed by atoms with Crippen molar-refractivity contribution in [3.8, 4) is 0 Å². The molecule has 1 fully saturated rings. The van der Waals surface area contributed by atoms with Gasteiger partial charge in [0.25, 0.3) is 0 Å². The Kier molecular flexibility index (Phi) is 4.01. The number of morpholine rings is 1. The third-order valence-corrected chi connectivity index (χ3v) is 4.17. The minimum atomic E-state index is 0.439. The van der Waals surface area contributed by atoms with E-state index in [4.69, 9.17) is 16.3 Å². The lowest BCUT2D eigenvalue weighted by molar-refractivity contribution is 0.0343. The molecule has 3 nitrogen and oxygen atoms in total. The summed E-state index contributed by atoms with van der Waals surface area (Å²) in [6.45, 7) is 9.12. The van der Waals surface area contributed by atoms with Crippen LogP contribution >= 0.6 is 11.6 Å². The van der Waals surface area contributed by atoms with E-state index in [9.17, 15) is 0 Å². The fourth-order valence-corrected chi connectivity index (χ4v) is 3.02. The number of rotatable bonds is 3. The predicted molar refractivity (Wildman–Crippen MR) is 83.4 cm³/mol. The number of nitrogens with zero attached hydrogens (tertiary/aromatic N) is 2.